The number of aromatic nitrogens is 3. The van der Waals surface area contributed by atoms with Gasteiger partial charge >= 0.3 is 0 Å². The van der Waals surface area contributed by atoms with E-state index in [1.165, 1.54) is 0 Å². The zero-order valence-electron chi connectivity index (χ0n) is 9.17. The molecule has 0 aromatic carbocycles. The van der Waals surface area contributed by atoms with E-state index in [1.807, 2.05) is 11.9 Å². The van der Waals surface area contributed by atoms with Crippen molar-refractivity contribution in [2.45, 2.75) is 12.5 Å². The van der Waals surface area contributed by atoms with Crippen LogP contribution in [0.2, 0.25) is 0 Å². The highest BCUT2D eigenvalue weighted by Gasteiger charge is 2.32. The number of sulfone groups is 1. The summed E-state index contributed by atoms with van der Waals surface area (Å²) in [6.45, 7) is 0. The molecule has 0 spiro atoms. The Morgan fingerprint density at radius 1 is 1.62 bits per heavy atom. The summed E-state index contributed by atoms with van der Waals surface area (Å²) >= 11 is 5.01. The molecule has 0 amide bonds. The molecule has 0 bridgehead atoms. The van der Waals surface area contributed by atoms with Crippen LogP contribution >= 0.6 is 12.2 Å². The van der Waals surface area contributed by atoms with Crippen molar-refractivity contribution >= 4 is 28.0 Å². The molecular formula is C8H14N4O2S2. The van der Waals surface area contributed by atoms with E-state index in [-0.39, 0.29) is 17.5 Å². The first-order chi connectivity index (χ1) is 7.41. The molecule has 1 aliphatic rings. The van der Waals surface area contributed by atoms with Gasteiger partial charge in [-0.25, -0.2) is 13.5 Å². The van der Waals surface area contributed by atoms with E-state index >= 15 is 0 Å². The van der Waals surface area contributed by atoms with E-state index < -0.39 is 9.84 Å². The van der Waals surface area contributed by atoms with Gasteiger partial charge in [0.2, 0.25) is 5.95 Å². The van der Waals surface area contributed by atoms with E-state index in [0.717, 1.165) is 0 Å². The number of nitrogens with zero attached hydrogens (tertiary/aromatic N) is 3. The summed E-state index contributed by atoms with van der Waals surface area (Å²) in [6, 6.07) is -0.00565. The summed E-state index contributed by atoms with van der Waals surface area (Å²) in [7, 11) is 0.781. The summed E-state index contributed by atoms with van der Waals surface area (Å²) in [5.41, 5.74) is 0. The lowest BCUT2D eigenvalue weighted by Gasteiger charge is -2.23. The van der Waals surface area contributed by atoms with E-state index in [9.17, 15) is 8.42 Å². The Morgan fingerprint density at radius 3 is 2.75 bits per heavy atom. The first-order valence-electron chi connectivity index (χ1n) is 4.95. The molecule has 1 atom stereocenters. The topological polar surface area (TPSA) is 71.0 Å². The lowest BCUT2D eigenvalue weighted by atomic mass is 10.2. The number of H-pyrrole nitrogens is 1. The van der Waals surface area contributed by atoms with Gasteiger partial charge in [0.1, 0.15) is 0 Å². The van der Waals surface area contributed by atoms with Crippen molar-refractivity contribution in [1.29, 1.82) is 0 Å². The van der Waals surface area contributed by atoms with Crippen LogP contribution in [0.15, 0.2) is 0 Å². The highest BCUT2D eigenvalue weighted by atomic mass is 32.2. The SMILES string of the molecule is CN(c1n[nH]c(=S)n1C)C1CCS(=O)(=O)C1. The average Bonchev–Trinajstić information content (AvgIpc) is 2.71. The Bertz CT molecular complexity index is 545. The van der Waals surface area contributed by atoms with Crippen LogP contribution < -0.4 is 4.90 Å². The standard InChI is InChI=1S/C8H14N4O2S2/c1-11(6-3-4-16(13,14)5-6)7-9-10-8(15)12(7)2/h6H,3-5H2,1-2H3,(H,10,15). The molecule has 8 heteroatoms. The number of hydrogen-bond donors (Lipinski definition) is 1. The molecule has 1 N–H and O–H groups in total. The second-order valence-corrected chi connectivity index (χ2v) is 6.67. The molecular weight excluding hydrogens is 248 g/mol. The minimum absolute atomic E-state index is 0.00565. The van der Waals surface area contributed by atoms with Crippen LogP contribution in [-0.4, -0.2) is 47.8 Å². The van der Waals surface area contributed by atoms with E-state index in [1.54, 1.807) is 11.6 Å². The van der Waals surface area contributed by atoms with E-state index in [4.69, 9.17) is 12.2 Å². The molecule has 1 saturated heterocycles. The number of hydrogen-bond acceptors (Lipinski definition) is 5. The molecule has 0 radical (unpaired) electrons. The van der Waals surface area contributed by atoms with Crippen molar-refractivity contribution in [1.82, 2.24) is 14.8 Å². The summed E-state index contributed by atoms with van der Waals surface area (Å²) in [5, 5.41) is 6.77. The molecule has 1 fully saturated rings. The van der Waals surface area contributed by atoms with Gasteiger partial charge in [-0.2, -0.15) is 0 Å². The zero-order valence-corrected chi connectivity index (χ0v) is 10.8. The number of anilines is 1. The van der Waals surface area contributed by atoms with Crippen molar-refractivity contribution in [2.24, 2.45) is 7.05 Å². The lowest BCUT2D eigenvalue weighted by Crippen LogP contribution is -2.34. The van der Waals surface area contributed by atoms with Gasteiger partial charge in [-0.05, 0) is 18.6 Å². The summed E-state index contributed by atoms with van der Waals surface area (Å²) in [6.07, 6.45) is 0.651. The lowest BCUT2D eigenvalue weighted by molar-refractivity contribution is 0.600. The van der Waals surface area contributed by atoms with Crippen LogP contribution in [-0.2, 0) is 16.9 Å². The van der Waals surface area contributed by atoms with Crippen molar-refractivity contribution < 1.29 is 8.42 Å². The second-order valence-electron chi connectivity index (χ2n) is 4.06. The Kier molecular flexibility index (Phi) is 2.79. The molecule has 0 aliphatic carbocycles. The molecule has 16 heavy (non-hydrogen) atoms. The average molecular weight is 262 g/mol. The van der Waals surface area contributed by atoms with Crippen molar-refractivity contribution in [2.75, 3.05) is 23.5 Å². The van der Waals surface area contributed by atoms with E-state index in [2.05, 4.69) is 10.2 Å². The van der Waals surface area contributed by atoms with Gasteiger partial charge in [0.25, 0.3) is 0 Å². The van der Waals surface area contributed by atoms with Gasteiger partial charge in [-0.3, -0.25) is 4.57 Å². The van der Waals surface area contributed by atoms with Crippen LogP contribution in [0.25, 0.3) is 0 Å². The van der Waals surface area contributed by atoms with Crippen molar-refractivity contribution in [3.8, 4) is 0 Å². The largest absolute Gasteiger partial charge is 0.340 e. The second kappa shape index (κ2) is 3.85. The fraction of sp³-hybridized carbons (Fsp3) is 0.750. The monoisotopic (exact) mass is 262 g/mol. The predicted molar refractivity (Wildman–Crippen MR) is 63.9 cm³/mol. The number of nitrogens with one attached hydrogen (secondary N) is 1. The summed E-state index contributed by atoms with van der Waals surface area (Å²) < 4.78 is 25.0. The Balaban J connectivity index is 2.24. The smallest absolute Gasteiger partial charge is 0.225 e. The molecule has 1 unspecified atom stereocenters. The Morgan fingerprint density at radius 2 is 2.31 bits per heavy atom. The molecule has 6 nitrogen and oxygen atoms in total. The van der Waals surface area contributed by atoms with Crippen molar-refractivity contribution in [3.63, 3.8) is 0 Å². The molecule has 1 aromatic heterocycles. The molecule has 1 aromatic rings. The third-order valence-electron chi connectivity index (χ3n) is 2.93. The summed E-state index contributed by atoms with van der Waals surface area (Å²) in [5.74, 6) is 1.13. The Labute approximate surface area is 99.2 Å². The van der Waals surface area contributed by atoms with Gasteiger partial charge in [-0.15, -0.1) is 5.10 Å². The quantitative estimate of drug-likeness (QED) is 0.766. The minimum Gasteiger partial charge on any atom is -0.340 e. The highest BCUT2D eigenvalue weighted by Crippen LogP contribution is 2.20. The van der Waals surface area contributed by atoms with Gasteiger partial charge in [0.15, 0.2) is 14.6 Å². The maximum absolute atomic E-state index is 11.4. The van der Waals surface area contributed by atoms with Crippen LogP contribution in [0.5, 0.6) is 0 Å². The van der Waals surface area contributed by atoms with Crippen LogP contribution in [0.1, 0.15) is 6.42 Å². The molecule has 2 heterocycles. The molecule has 90 valence electrons. The van der Waals surface area contributed by atoms with Gasteiger partial charge in [0.05, 0.1) is 11.5 Å². The molecule has 2 rings (SSSR count). The van der Waals surface area contributed by atoms with Crippen LogP contribution in [0.4, 0.5) is 5.95 Å². The maximum Gasteiger partial charge on any atom is 0.225 e. The van der Waals surface area contributed by atoms with Crippen LogP contribution in [0.3, 0.4) is 0 Å². The Hall–Kier alpha value is -0.890. The number of rotatable bonds is 2. The zero-order chi connectivity index (χ0) is 11.9. The van der Waals surface area contributed by atoms with Gasteiger partial charge < -0.3 is 4.90 Å². The third kappa shape index (κ3) is 1.99. The highest BCUT2D eigenvalue weighted by molar-refractivity contribution is 7.91. The minimum atomic E-state index is -2.87. The predicted octanol–water partition coefficient (Wildman–Crippen LogP) is 0.101. The third-order valence-corrected chi connectivity index (χ3v) is 5.04. The normalized spacial score (nSPS) is 23.5. The van der Waals surface area contributed by atoms with Crippen LogP contribution in [0, 0.1) is 4.77 Å². The molecule has 0 saturated carbocycles. The first-order valence-corrected chi connectivity index (χ1v) is 7.18. The first kappa shape index (κ1) is 11.6. The fourth-order valence-corrected chi connectivity index (χ4v) is 3.80. The summed E-state index contributed by atoms with van der Waals surface area (Å²) in [4.78, 5) is 1.87. The van der Waals surface area contributed by atoms with Gasteiger partial charge in [0, 0.05) is 20.1 Å². The van der Waals surface area contributed by atoms with Crippen molar-refractivity contribution in [3.05, 3.63) is 4.77 Å². The maximum atomic E-state index is 11.4. The number of aromatic amines is 1. The van der Waals surface area contributed by atoms with E-state index in [0.29, 0.717) is 17.1 Å². The van der Waals surface area contributed by atoms with Gasteiger partial charge in [-0.1, -0.05) is 0 Å². The fourth-order valence-electron chi connectivity index (χ4n) is 1.90. The molecule has 1 aliphatic heterocycles.